The van der Waals surface area contributed by atoms with Crippen LogP contribution in [0, 0.1) is 0 Å². The Morgan fingerprint density at radius 3 is 2.28 bits per heavy atom. The number of hydrogen-bond acceptors (Lipinski definition) is 5. The Hall–Kier alpha value is -2.75. The molecular weight excluding hydrogens is 423 g/mol. The Balaban J connectivity index is 1.68. The van der Waals surface area contributed by atoms with Crippen molar-refractivity contribution in [2.24, 2.45) is 7.05 Å². The fourth-order valence-electron chi connectivity index (χ4n) is 3.77. The van der Waals surface area contributed by atoms with Crippen molar-refractivity contribution in [3.05, 3.63) is 61.2 Å². The molecular formula is C23H25BN4O3S. The predicted molar refractivity (Wildman–Crippen MR) is 126 cm³/mol. The Morgan fingerprint density at radius 1 is 0.969 bits per heavy atom. The molecule has 0 spiro atoms. The van der Waals surface area contributed by atoms with Crippen LogP contribution in [0.4, 0.5) is 0 Å². The minimum atomic E-state index is -1.46. The number of benzene rings is 1. The first-order valence-electron chi connectivity index (χ1n) is 10.5. The van der Waals surface area contributed by atoms with E-state index in [9.17, 15) is 4.21 Å². The molecule has 0 amide bonds. The van der Waals surface area contributed by atoms with Crippen molar-refractivity contribution >= 4 is 34.6 Å². The van der Waals surface area contributed by atoms with Gasteiger partial charge in [0.15, 0.2) is 16.6 Å². The number of aryl methyl sites for hydroxylation is 1. The summed E-state index contributed by atoms with van der Waals surface area (Å²) in [7, 11) is -0.175. The van der Waals surface area contributed by atoms with Crippen molar-refractivity contribution < 1.29 is 13.5 Å². The van der Waals surface area contributed by atoms with Gasteiger partial charge in [0.25, 0.3) is 0 Å². The van der Waals surface area contributed by atoms with Crippen LogP contribution in [0.25, 0.3) is 22.2 Å². The molecule has 1 aliphatic heterocycles. The zero-order valence-corrected chi connectivity index (χ0v) is 19.6. The van der Waals surface area contributed by atoms with Gasteiger partial charge in [0, 0.05) is 47.6 Å². The number of aromatic nitrogens is 4. The lowest BCUT2D eigenvalue weighted by Crippen LogP contribution is -2.41. The third-order valence-corrected chi connectivity index (χ3v) is 7.62. The van der Waals surface area contributed by atoms with Gasteiger partial charge in [-0.2, -0.15) is 5.10 Å². The van der Waals surface area contributed by atoms with Gasteiger partial charge in [-0.25, -0.2) is 13.2 Å². The van der Waals surface area contributed by atoms with E-state index in [0.717, 1.165) is 22.0 Å². The number of fused-ring (bicyclic) bond motifs is 1. The first-order chi connectivity index (χ1) is 15.2. The average molecular weight is 448 g/mol. The molecule has 1 unspecified atom stereocenters. The molecule has 4 heterocycles. The molecule has 164 valence electrons. The number of nitrogens with zero attached hydrogens (tertiary/aromatic N) is 4. The molecule has 5 rings (SSSR count). The molecule has 1 atom stereocenters. The van der Waals surface area contributed by atoms with Crippen molar-refractivity contribution in [2.75, 3.05) is 0 Å². The van der Waals surface area contributed by atoms with Crippen LogP contribution in [-0.4, -0.2) is 41.3 Å². The van der Waals surface area contributed by atoms with Gasteiger partial charge in [0.1, 0.15) is 0 Å². The fourth-order valence-corrected chi connectivity index (χ4v) is 4.89. The van der Waals surface area contributed by atoms with E-state index in [4.69, 9.17) is 14.3 Å². The van der Waals surface area contributed by atoms with Crippen molar-refractivity contribution in [3.63, 3.8) is 0 Å². The lowest BCUT2D eigenvalue weighted by molar-refractivity contribution is 0.00578. The average Bonchev–Trinajstić information content (AvgIpc) is 3.41. The summed E-state index contributed by atoms with van der Waals surface area (Å²) in [5.74, 6) is 0. The van der Waals surface area contributed by atoms with Crippen LogP contribution in [0.5, 0.6) is 0 Å². The summed E-state index contributed by atoms with van der Waals surface area (Å²) >= 11 is 0. The van der Waals surface area contributed by atoms with Crippen LogP contribution in [0.3, 0.4) is 0 Å². The first-order valence-corrected chi connectivity index (χ1v) is 11.6. The van der Waals surface area contributed by atoms with Crippen molar-refractivity contribution in [3.8, 4) is 11.1 Å². The zero-order chi connectivity index (χ0) is 22.7. The molecule has 1 aromatic carbocycles. The van der Waals surface area contributed by atoms with E-state index in [0.29, 0.717) is 10.5 Å². The molecule has 9 heteroatoms. The Morgan fingerprint density at radius 2 is 1.66 bits per heavy atom. The van der Waals surface area contributed by atoms with Crippen molar-refractivity contribution in [1.82, 2.24) is 18.7 Å². The van der Waals surface area contributed by atoms with E-state index in [1.165, 1.54) is 0 Å². The van der Waals surface area contributed by atoms with E-state index in [2.05, 4.69) is 5.10 Å². The summed E-state index contributed by atoms with van der Waals surface area (Å²) in [6.07, 6.45) is 7.37. The molecule has 0 N–H and O–H groups in total. The van der Waals surface area contributed by atoms with Gasteiger partial charge >= 0.3 is 7.12 Å². The third-order valence-electron chi connectivity index (χ3n) is 6.31. The van der Waals surface area contributed by atoms with E-state index >= 15 is 0 Å². The monoisotopic (exact) mass is 448 g/mol. The number of pyridine rings is 1. The topological polar surface area (TPSA) is 71.2 Å². The summed E-state index contributed by atoms with van der Waals surface area (Å²) in [5, 5.41) is 5.11. The maximum Gasteiger partial charge on any atom is 0.497 e. The maximum absolute atomic E-state index is 13.4. The predicted octanol–water partition coefficient (Wildman–Crippen LogP) is 3.31. The molecule has 1 aliphatic rings. The SMILES string of the molecule is Cn1cc(-c2cnc3c(c2)c(B2OC(C)(C)C(C)(C)O2)cn3S(=O)c2ccccc2)cn1. The number of hydrogen-bond donors (Lipinski definition) is 0. The molecule has 0 saturated carbocycles. The van der Waals surface area contributed by atoms with Crippen molar-refractivity contribution in [2.45, 2.75) is 43.8 Å². The van der Waals surface area contributed by atoms with Crippen LogP contribution in [0.2, 0.25) is 0 Å². The largest absolute Gasteiger partial charge is 0.497 e. The molecule has 1 fully saturated rings. The highest BCUT2D eigenvalue weighted by Crippen LogP contribution is 2.37. The normalized spacial score (nSPS) is 18.3. The van der Waals surface area contributed by atoms with E-state index in [1.54, 1.807) is 21.0 Å². The highest BCUT2D eigenvalue weighted by Gasteiger charge is 2.52. The molecule has 7 nitrogen and oxygen atoms in total. The second kappa shape index (κ2) is 7.40. The van der Waals surface area contributed by atoms with Crippen LogP contribution in [0.15, 0.2) is 66.1 Å². The molecule has 4 aromatic rings. The van der Waals surface area contributed by atoms with Gasteiger partial charge in [-0.05, 0) is 45.9 Å². The fraction of sp³-hybridized carbons (Fsp3) is 0.304. The van der Waals surface area contributed by atoms with Gasteiger partial charge in [-0.3, -0.25) is 4.68 Å². The van der Waals surface area contributed by atoms with Crippen LogP contribution in [0.1, 0.15) is 27.7 Å². The smallest absolute Gasteiger partial charge is 0.399 e. The standard InChI is InChI=1S/C23H25BN4O3S/c1-22(2)23(3,4)31-24(30-22)20-15-28(32(29)18-9-7-6-8-10-18)21-19(20)11-16(12-25-21)17-13-26-27(5)14-17/h6-15H,1-5H3. The Kier molecular flexibility index (Phi) is 4.88. The first kappa shape index (κ1) is 21.1. The van der Waals surface area contributed by atoms with Crippen LogP contribution >= 0.6 is 0 Å². The second-order valence-corrected chi connectivity index (χ2v) is 10.4. The summed E-state index contributed by atoms with van der Waals surface area (Å²) in [6.45, 7) is 8.09. The summed E-state index contributed by atoms with van der Waals surface area (Å²) in [6, 6.07) is 11.4. The molecule has 32 heavy (non-hydrogen) atoms. The Bertz CT molecular complexity index is 1310. The van der Waals surface area contributed by atoms with Crippen LogP contribution in [-0.2, 0) is 27.3 Å². The third kappa shape index (κ3) is 3.41. The molecule has 0 aliphatic carbocycles. The van der Waals surface area contributed by atoms with Crippen LogP contribution < -0.4 is 5.46 Å². The number of rotatable bonds is 4. The van der Waals surface area contributed by atoms with Gasteiger partial charge < -0.3 is 9.31 Å². The molecule has 0 radical (unpaired) electrons. The quantitative estimate of drug-likeness (QED) is 0.448. The van der Waals surface area contributed by atoms with E-state index in [-0.39, 0.29) is 0 Å². The minimum Gasteiger partial charge on any atom is -0.399 e. The molecule has 1 saturated heterocycles. The highest BCUT2D eigenvalue weighted by atomic mass is 32.2. The zero-order valence-electron chi connectivity index (χ0n) is 18.8. The summed E-state index contributed by atoms with van der Waals surface area (Å²) in [4.78, 5) is 5.40. The maximum atomic E-state index is 13.4. The minimum absolute atomic E-state index is 0.487. The summed E-state index contributed by atoms with van der Waals surface area (Å²) < 4.78 is 29.5. The van der Waals surface area contributed by atoms with Gasteiger partial charge in [0.2, 0.25) is 0 Å². The van der Waals surface area contributed by atoms with Gasteiger partial charge in [-0.1, -0.05) is 18.2 Å². The Labute approximate surface area is 190 Å². The van der Waals surface area contributed by atoms with E-state index in [1.807, 2.05) is 83.5 Å². The molecule has 3 aromatic heterocycles. The highest BCUT2D eigenvalue weighted by molar-refractivity contribution is 7.83. The van der Waals surface area contributed by atoms with Gasteiger partial charge in [-0.15, -0.1) is 0 Å². The molecule has 0 bridgehead atoms. The summed E-state index contributed by atoms with van der Waals surface area (Å²) in [5.41, 5.74) is 2.33. The lowest BCUT2D eigenvalue weighted by atomic mass is 9.79. The van der Waals surface area contributed by atoms with E-state index < -0.39 is 29.3 Å². The van der Waals surface area contributed by atoms with Gasteiger partial charge in [0.05, 0.1) is 22.3 Å². The van der Waals surface area contributed by atoms with Crippen molar-refractivity contribution in [1.29, 1.82) is 0 Å². The second-order valence-electron chi connectivity index (χ2n) is 9.06. The lowest BCUT2D eigenvalue weighted by Gasteiger charge is -2.32.